The van der Waals surface area contributed by atoms with Crippen LogP contribution in [0.2, 0.25) is 0 Å². The van der Waals surface area contributed by atoms with E-state index in [0.29, 0.717) is 0 Å². The maximum Gasteiger partial charge on any atom is 0.159 e. The number of rotatable bonds is 1. The van der Waals surface area contributed by atoms with Crippen molar-refractivity contribution in [3.8, 4) is 33.8 Å². The first-order chi connectivity index (χ1) is 15.4. The molecule has 0 bridgehead atoms. The Morgan fingerprint density at radius 3 is 1.65 bits per heavy atom. The van der Waals surface area contributed by atoms with E-state index < -0.39 is 0 Å². The lowest BCUT2D eigenvalue weighted by Crippen LogP contribution is -2.26. The number of hydrogen-bond acceptors (Lipinski definition) is 2. The highest BCUT2D eigenvalue weighted by Gasteiger charge is 2.52. The Balaban J connectivity index is 1.61. The molecular formula is C29H18N2. The maximum atomic E-state index is 5.12. The summed E-state index contributed by atoms with van der Waals surface area (Å²) in [4.78, 5) is 9.98. The molecule has 0 unspecified atom stereocenters. The zero-order valence-electron chi connectivity index (χ0n) is 16.8. The van der Waals surface area contributed by atoms with Gasteiger partial charge in [-0.3, -0.25) is 0 Å². The second-order valence-corrected chi connectivity index (χ2v) is 8.21. The molecule has 0 saturated heterocycles. The second-order valence-electron chi connectivity index (χ2n) is 8.21. The van der Waals surface area contributed by atoms with E-state index in [-0.39, 0.29) is 5.41 Å². The Labute approximate surface area is 180 Å². The van der Waals surface area contributed by atoms with Crippen LogP contribution < -0.4 is 0 Å². The number of benzene rings is 4. The van der Waals surface area contributed by atoms with E-state index in [1.807, 2.05) is 18.2 Å². The van der Waals surface area contributed by atoms with Crippen LogP contribution in [-0.4, -0.2) is 9.97 Å². The van der Waals surface area contributed by atoms with Crippen molar-refractivity contribution in [1.29, 1.82) is 0 Å². The van der Waals surface area contributed by atoms with Crippen molar-refractivity contribution in [1.82, 2.24) is 9.97 Å². The van der Waals surface area contributed by atoms with E-state index in [0.717, 1.165) is 17.1 Å². The molecule has 144 valence electrons. The van der Waals surface area contributed by atoms with Gasteiger partial charge in [-0.2, -0.15) is 0 Å². The molecule has 0 atom stereocenters. The molecule has 1 aromatic heterocycles. The zero-order valence-corrected chi connectivity index (χ0v) is 16.8. The largest absolute Gasteiger partial charge is 0.236 e. The van der Waals surface area contributed by atoms with Gasteiger partial charge in [0.05, 0.1) is 11.1 Å². The molecule has 2 aliphatic carbocycles. The third-order valence-electron chi connectivity index (χ3n) is 6.76. The Morgan fingerprint density at radius 1 is 0.484 bits per heavy atom. The van der Waals surface area contributed by atoms with E-state index in [1.54, 1.807) is 0 Å². The van der Waals surface area contributed by atoms with E-state index in [4.69, 9.17) is 9.97 Å². The van der Waals surface area contributed by atoms with Crippen molar-refractivity contribution in [2.24, 2.45) is 0 Å². The molecule has 0 aliphatic heterocycles. The van der Waals surface area contributed by atoms with Gasteiger partial charge in [0.1, 0.15) is 0 Å². The lowest BCUT2D eigenvalue weighted by molar-refractivity contribution is 0.785. The number of aromatic nitrogens is 2. The van der Waals surface area contributed by atoms with Crippen LogP contribution in [0, 0.1) is 0 Å². The van der Waals surface area contributed by atoms with Crippen LogP contribution in [0.1, 0.15) is 22.3 Å². The summed E-state index contributed by atoms with van der Waals surface area (Å²) in [5.41, 5.74) is 10.6. The van der Waals surface area contributed by atoms with Crippen molar-refractivity contribution in [2.75, 3.05) is 0 Å². The summed E-state index contributed by atoms with van der Waals surface area (Å²) in [6.45, 7) is 0. The molecule has 0 saturated carbocycles. The van der Waals surface area contributed by atoms with Crippen molar-refractivity contribution in [3.05, 3.63) is 132 Å². The SMILES string of the molecule is c1ccc(-c2ncc3c(n2)-c2ccccc2C32c3ccccc3-c3ccccc32)cc1. The van der Waals surface area contributed by atoms with Crippen molar-refractivity contribution >= 4 is 0 Å². The molecule has 1 heterocycles. The molecule has 7 rings (SSSR count). The van der Waals surface area contributed by atoms with Gasteiger partial charge in [0.25, 0.3) is 0 Å². The van der Waals surface area contributed by atoms with Gasteiger partial charge in [-0.15, -0.1) is 0 Å². The molecule has 1 spiro atoms. The summed E-state index contributed by atoms with van der Waals surface area (Å²) in [6, 6.07) is 36.5. The number of hydrogen-bond donors (Lipinski definition) is 0. The average Bonchev–Trinajstić information content (AvgIpc) is 3.32. The molecule has 5 aromatic rings. The Hall–Kier alpha value is -4.04. The first-order valence-corrected chi connectivity index (χ1v) is 10.6. The molecule has 0 N–H and O–H groups in total. The normalized spacial score (nSPS) is 14.1. The highest BCUT2D eigenvalue weighted by atomic mass is 14.9. The fourth-order valence-corrected chi connectivity index (χ4v) is 5.56. The first-order valence-electron chi connectivity index (χ1n) is 10.6. The summed E-state index contributed by atoms with van der Waals surface area (Å²) in [5, 5.41) is 0. The quantitative estimate of drug-likeness (QED) is 0.318. The van der Waals surface area contributed by atoms with Crippen LogP contribution in [0.5, 0.6) is 0 Å². The molecule has 0 fully saturated rings. The van der Waals surface area contributed by atoms with Crippen LogP contribution in [0.25, 0.3) is 33.8 Å². The van der Waals surface area contributed by atoms with Gasteiger partial charge in [0, 0.05) is 22.9 Å². The molecular weight excluding hydrogens is 376 g/mol. The third-order valence-corrected chi connectivity index (χ3v) is 6.76. The minimum absolute atomic E-state index is 0.367. The fourth-order valence-electron chi connectivity index (χ4n) is 5.56. The summed E-state index contributed by atoms with van der Waals surface area (Å²) in [6.07, 6.45) is 2.06. The van der Waals surface area contributed by atoms with Gasteiger partial charge in [-0.25, -0.2) is 9.97 Å². The average molecular weight is 394 g/mol. The Bertz CT molecular complexity index is 1440. The van der Waals surface area contributed by atoms with Gasteiger partial charge in [-0.1, -0.05) is 103 Å². The monoisotopic (exact) mass is 394 g/mol. The van der Waals surface area contributed by atoms with Crippen LogP contribution in [0.15, 0.2) is 109 Å². The van der Waals surface area contributed by atoms with E-state index in [2.05, 4.69) is 91.1 Å². The molecule has 2 heteroatoms. The summed E-state index contributed by atoms with van der Waals surface area (Å²) in [7, 11) is 0. The highest BCUT2D eigenvalue weighted by molar-refractivity contribution is 5.93. The third kappa shape index (κ3) is 2.02. The van der Waals surface area contributed by atoms with Crippen molar-refractivity contribution < 1.29 is 0 Å². The Kier molecular flexibility index (Phi) is 3.23. The lowest BCUT2D eigenvalue weighted by Gasteiger charge is -2.29. The molecule has 2 nitrogen and oxygen atoms in total. The van der Waals surface area contributed by atoms with Crippen molar-refractivity contribution in [3.63, 3.8) is 0 Å². The standard InChI is InChI=1S/C29H18N2/c1-2-10-19(11-3-1)28-30-18-26-27(31-28)22-14-6-9-17-25(22)29(26)23-15-7-4-12-20(23)21-13-5-8-16-24(21)29/h1-18H. The van der Waals surface area contributed by atoms with Gasteiger partial charge >= 0.3 is 0 Å². The summed E-state index contributed by atoms with van der Waals surface area (Å²) in [5.74, 6) is 0.769. The molecule has 2 aliphatic rings. The predicted octanol–water partition coefficient (Wildman–Crippen LogP) is 6.49. The van der Waals surface area contributed by atoms with E-state index in [9.17, 15) is 0 Å². The fraction of sp³-hybridized carbons (Fsp3) is 0.0345. The summed E-state index contributed by atoms with van der Waals surface area (Å²) >= 11 is 0. The molecule has 4 aromatic carbocycles. The van der Waals surface area contributed by atoms with Crippen LogP contribution in [-0.2, 0) is 5.41 Å². The lowest BCUT2D eigenvalue weighted by atomic mass is 9.71. The molecule has 31 heavy (non-hydrogen) atoms. The minimum atomic E-state index is -0.367. The molecule has 0 radical (unpaired) electrons. The predicted molar refractivity (Wildman–Crippen MR) is 124 cm³/mol. The first kappa shape index (κ1) is 16.7. The molecule has 0 amide bonds. The van der Waals surface area contributed by atoms with Crippen LogP contribution in [0.3, 0.4) is 0 Å². The van der Waals surface area contributed by atoms with Crippen LogP contribution in [0.4, 0.5) is 0 Å². The van der Waals surface area contributed by atoms with E-state index >= 15 is 0 Å². The van der Waals surface area contributed by atoms with Crippen LogP contribution >= 0.6 is 0 Å². The zero-order chi connectivity index (χ0) is 20.4. The van der Waals surface area contributed by atoms with Gasteiger partial charge < -0.3 is 0 Å². The van der Waals surface area contributed by atoms with E-state index in [1.165, 1.54) is 38.9 Å². The van der Waals surface area contributed by atoms with Gasteiger partial charge in [0.15, 0.2) is 5.82 Å². The highest BCUT2D eigenvalue weighted by Crippen LogP contribution is 2.62. The maximum absolute atomic E-state index is 5.12. The number of nitrogens with zero attached hydrogens (tertiary/aromatic N) is 2. The van der Waals surface area contributed by atoms with Crippen molar-refractivity contribution in [2.45, 2.75) is 5.41 Å². The topological polar surface area (TPSA) is 25.8 Å². The second kappa shape index (κ2) is 5.99. The van der Waals surface area contributed by atoms with Gasteiger partial charge in [0.2, 0.25) is 0 Å². The minimum Gasteiger partial charge on any atom is -0.236 e. The smallest absolute Gasteiger partial charge is 0.159 e. The summed E-state index contributed by atoms with van der Waals surface area (Å²) < 4.78 is 0. The van der Waals surface area contributed by atoms with Gasteiger partial charge in [-0.05, 0) is 27.8 Å². The Morgan fingerprint density at radius 2 is 1.00 bits per heavy atom. The number of fused-ring (bicyclic) bond motifs is 10.